The molecule has 5 rings (SSSR count). The number of para-hydroxylation sites is 1. The molecule has 0 spiro atoms. The fourth-order valence-corrected chi connectivity index (χ4v) is 4.14. The molecule has 166 valence electrons. The highest BCUT2D eigenvalue weighted by Gasteiger charge is 2.19. The number of amides is 1. The molecule has 0 atom stereocenters. The average molecular weight is 444 g/mol. The van der Waals surface area contributed by atoms with Gasteiger partial charge in [-0.1, -0.05) is 97.1 Å². The third-order valence-electron chi connectivity index (χ3n) is 5.77. The van der Waals surface area contributed by atoms with Gasteiger partial charge in [-0.3, -0.25) is 4.79 Å². The lowest BCUT2D eigenvalue weighted by Crippen LogP contribution is -2.30. The maximum Gasteiger partial charge on any atom is 0.255 e. The van der Waals surface area contributed by atoms with Gasteiger partial charge >= 0.3 is 0 Å². The summed E-state index contributed by atoms with van der Waals surface area (Å²) in [6.07, 6.45) is 0. The summed E-state index contributed by atoms with van der Waals surface area (Å²) in [6, 6.07) is 41.7. The quantitative estimate of drug-likeness (QED) is 0.261. The van der Waals surface area contributed by atoms with Crippen LogP contribution in [0.1, 0.15) is 21.5 Å². The van der Waals surface area contributed by atoms with Crippen molar-refractivity contribution in [1.29, 1.82) is 0 Å². The molecule has 5 aromatic carbocycles. The largest absolute Gasteiger partial charge is 0.457 e. The Hall–Kier alpha value is -4.37. The van der Waals surface area contributed by atoms with E-state index in [2.05, 4.69) is 12.1 Å². The fourth-order valence-electron chi connectivity index (χ4n) is 4.14. The number of rotatable bonds is 7. The van der Waals surface area contributed by atoms with E-state index in [0.29, 0.717) is 18.7 Å². The molecule has 0 unspecified atom stereocenters. The molecule has 3 heteroatoms. The molecule has 0 aliphatic heterocycles. The van der Waals surface area contributed by atoms with Crippen LogP contribution in [0.15, 0.2) is 127 Å². The van der Waals surface area contributed by atoms with Crippen LogP contribution >= 0.6 is 0 Å². The van der Waals surface area contributed by atoms with Gasteiger partial charge in [-0.25, -0.2) is 0 Å². The molecular formula is C31H25NO2. The molecule has 5 aromatic rings. The van der Waals surface area contributed by atoms with E-state index >= 15 is 0 Å². The Morgan fingerprint density at radius 3 is 2.00 bits per heavy atom. The van der Waals surface area contributed by atoms with Gasteiger partial charge < -0.3 is 9.64 Å². The standard InChI is InChI=1S/C31H25NO2/c33-31(30-20-10-15-26-14-7-8-19-29(26)30)32(22-24-11-3-1-4-12-24)23-25-13-9-18-28(21-25)34-27-16-5-2-6-17-27/h1-21H,22-23H2. The van der Waals surface area contributed by atoms with Crippen molar-refractivity contribution in [2.75, 3.05) is 0 Å². The van der Waals surface area contributed by atoms with Gasteiger partial charge in [0.25, 0.3) is 5.91 Å². The van der Waals surface area contributed by atoms with E-state index in [4.69, 9.17) is 4.74 Å². The summed E-state index contributed by atoms with van der Waals surface area (Å²) in [5.74, 6) is 1.55. The predicted octanol–water partition coefficient (Wildman–Crippen LogP) is 7.47. The van der Waals surface area contributed by atoms with E-state index in [1.165, 1.54) is 0 Å². The van der Waals surface area contributed by atoms with Crippen molar-refractivity contribution < 1.29 is 9.53 Å². The number of benzene rings is 5. The summed E-state index contributed by atoms with van der Waals surface area (Å²) >= 11 is 0. The zero-order valence-corrected chi connectivity index (χ0v) is 18.8. The van der Waals surface area contributed by atoms with E-state index < -0.39 is 0 Å². The van der Waals surface area contributed by atoms with Gasteiger partial charge in [0.05, 0.1) is 0 Å². The minimum atomic E-state index is 0.00929. The molecule has 1 amide bonds. The van der Waals surface area contributed by atoms with Crippen molar-refractivity contribution in [2.24, 2.45) is 0 Å². The van der Waals surface area contributed by atoms with Gasteiger partial charge in [0.2, 0.25) is 0 Å². The molecule has 0 radical (unpaired) electrons. The van der Waals surface area contributed by atoms with Crippen LogP contribution in [0.5, 0.6) is 11.5 Å². The Kier molecular flexibility index (Phi) is 6.35. The molecule has 0 heterocycles. The average Bonchev–Trinajstić information content (AvgIpc) is 2.89. The number of carbonyl (C=O) groups is 1. The highest BCUT2D eigenvalue weighted by Crippen LogP contribution is 2.25. The maximum absolute atomic E-state index is 13.8. The van der Waals surface area contributed by atoms with Crippen molar-refractivity contribution in [1.82, 2.24) is 4.90 Å². The summed E-state index contributed by atoms with van der Waals surface area (Å²) in [6.45, 7) is 0.996. The summed E-state index contributed by atoms with van der Waals surface area (Å²) in [5.41, 5.74) is 2.82. The third-order valence-corrected chi connectivity index (χ3v) is 5.77. The van der Waals surface area contributed by atoms with E-state index in [9.17, 15) is 4.79 Å². The molecular weight excluding hydrogens is 418 g/mol. The van der Waals surface area contributed by atoms with Gasteiger partial charge in [-0.05, 0) is 52.2 Å². The number of carbonyl (C=O) groups excluding carboxylic acids is 1. The molecule has 0 aliphatic carbocycles. The molecule has 0 fully saturated rings. The molecule has 0 aromatic heterocycles. The molecule has 34 heavy (non-hydrogen) atoms. The van der Waals surface area contributed by atoms with E-state index in [0.717, 1.165) is 33.4 Å². The minimum absolute atomic E-state index is 0.00929. The van der Waals surface area contributed by atoms with Crippen molar-refractivity contribution in [3.05, 3.63) is 144 Å². The lowest BCUT2D eigenvalue weighted by atomic mass is 10.0. The zero-order chi connectivity index (χ0) is 23.2. The number of nitrogens with zero attached hydrogens (tertiary/aromatic N) is 1. The highest BCUT2D eigenvalue weighted by atomic mass is 16.5. The third kappa shape index (κ3) is 5.00. The van der Waals surface area contributed by atoms with Gasteiger partial charge in [0.1, 0.15) is 11.5 Å². The first kappa shape index (κ1) is 21.5. The first-order valence-corrected chi connectivity index (χ1v) is 11.4. The zero-order valence-electron chi connectivity index (χ0n) is 18.8. The second-order valence-electron chi connectivity index (χ2n) is 8.24. The summed E-state index contributed by atoms with van der Waals surface area (Å²) < 4.78 is 6.02. The van der Waals surface area contributed by atoms with Crippen molar-refractivity contribution in [2.45, 2.75) is 13.1 Å². The maximum atomic E-state index is 13.8. The van der Waals surface area contributed by atoms with E-state index in [-0.39, 0.29) is 5.91 Å². The van der Waals surface area contributed by atoms with E-state index in [1.807, 2.05) is 120 Å². The second kappa shape index (κ2) is 10.1. The van der Waals surface area contributed by atoms with Crippen LogP contribution in [-0.2, 0) is 13.1 Å². The first-order chi connectivity index (χ1) is 16.8. The molecule has 0 N–H and O–H groups in total. The number of hydrogen-bond acceptors (Lipinski definition) is 2. The fraction of sp³-hybridized carbons (Fsp3) is 0.0645. The van der Waals surface area contributed by atoms with E-state index in [1.54, 1.807) is 0 Å². The first-order valence-electron chi connectivity index (χ1n) is 11.4. The molecule has 0 saturated carbocycles. The Bertz CT molecular complexity index is 1390. The van der Waals surface area contributed by atoms with Crippen LogP contribution in [0.2, 0.25) is 0 Å². The van der Waals surface area contributed by atoms with Crippen molar-refractivity contribution in [3.63, 3.8) is 0 Å². The normalized spacial score (nSPS) is 10.7. The highest BCUT2D eigenvalue weighted by molar-refractivity contribution is 6.07. The smallest absolute Gasteiger partial charge is 0.255 e. The lowest BCUT2D eigenvalue weighted by Gasteiger charge is -2.24. The summed E-state index contributed by atoms with van der Waals surface area (Å²) in [7, 11) is 0. The van der Waals surface area contributed by atoms with Crippen LogP contribution in [0, 0.1) is 0 Å². The van der Waals surface area contributed by atoms with Crippen LogP contribution in [0.4, 0.5) is 0 Å². The summed E-state index contributed by atoms with van der Waals surface area (Å²) in [4.78, 5) is 15.7. The van der Waals surface area contributed by atoms with Crippen LogP contribution in [0.25, 0.3) is 10.8 Å². The van der Waals surface area contributed by atoms with Crippen molar-refractivity contribution >= 4 is 16.7 Å². The number of fused-ring (bicyclic) bond motifs is 1. The summed E-state index contributed by atoms with van der Waals surface area (Å²) in [5, 5.41) is 2.03. The topological polar surface area (TPSA) is 29.5 Å². The van der Waals surface area contributed by atoms with Crippen LogP contribution in [-0.4, -0.2) is 10.8 Å². The number of ether oxygens (including phenoxy) is 1. The number of hydrogen-bond donors (Lipinski definition) is 0. The minimum Gasteiger partial charge on any atom is -0.457 e. The van der Waals surface area contributed by atoms with Gasteiger partial charge in [0, 0.05) is 18.7 Å². The van der Waals surface area contributed by atoms with Crippen LogP contribution < -0.4 is 4.74 Å². The Morgan fingerprint density at radius 2 is 1.18 bits per heavy atom. The monoisotopic (exact) mass is 443 g/mol. The molecule has 3 nitrogen and oxygen atoms in total. The Balaban J connectivity index is 1.46. The second-order valence-corrected chi connectivity index (χ2v) is 8.24. The van der Waals surface area contributed by atoms with Gasteiger partial charge in [-0.15, -0.1) is 0 Å². The Labute approximate surface area is 199 Å². The van der Waals surface area contributed by atoms with Gasteiger partial charge in [-0.2, -0.15) is 0 Å². The molecule has 0 aliphatic rings. The predicted molar refractivity (Wildman–Crippen MR) is 137 cm³/mol. The Morgan fingerprint density at radius 1 is 0.588 bits per heavy atom. The van der Waals surface area contributed by atoms with Crippen LogP contribution in [0.3, 0.4) is 0 Å². The lowest BCUT2D eigenvalue weighted by molar-refractivity contribution is 0.0732. The SMILES string of the molecule is O=C(c1cccc2ccccc12)N(Cc1ccccc1)Cc1cccc(Oc2ccccc2)c1. The molecule has 0 bridgehead atoms. The van der Waals surface area contributed by atoms with Gasteiger partial charge in [0.15, 0.2) is 0 Å². The van der Waals surface area contributed by atoms with Crippen molar-refractivity contribution in [3.8, 4) is 11.5 Å². The molecule has 0 saturated heterocycles.